The molecule has 7 nitrogen and oxygen atoms in total. The number of hydrogen-bond acceptors (Lipinski definition) is 5. The van der Waals surface area contributed by atoms with Gasteiger partial charge in [-0.1, -0.05) is 25.4 Å². The SMILES string of the molecule is COc1ccc(Cl)cc1N1CCC(NC(=O)CNC(=O)[C@@H](N)C(C)C)C1.Cl.Cl. The molecular weight excluding hydrogens is 427 g/mol. The molecule has 1 fully saturated rings. The van der Waals surface area contributed by atoms with E-state index in [1.165, 1.54) is 0 Å². The zero-order valence-electron chi connectivity index (χ0n) is 16.2. The predicted molar refractivity (Wildman–Crippen MR) is 117 cm³/mol. The number of hydrogen-bond donors (Lipinski definition) is 3. The highest BCUT2D eigenvalue weighted by Crippen LogP contribution is 2.33. The summed E-state index contributed by atoms with van der Waals surface area (Å²) in [5.41, 5.74) is 6.67. The van der Waals surface area contributed by atoms with Crippen molar-refractivity contribution in [3.8, 4) is 5.75 Å². The molecule has 2 atom stereocenters. The van der Waals surface area contributed by atoms with Gasteiger partial charge in [0.2, 0.25) is 11.8 Å². The number of nitrogens with zero attached hydrogens (tertiary/aromatic N) is 1. The van der Waals surface area contributed by atoms with E-state index in [1.807, 2.05) is 26.0 Å². The molecule has 1 aromatic rings. The fourth-order valence-electron chi connectivity index (χ4n) is 2.87. The van der Waals surface area contributed by atoms with Crippen LogP contribution in [0.3, 0.4) is 0 Å². The molecule has 1 aliphatic rings. The maximum absolute atomic E-state index is 12.1. The summed E-state index contributed by atoms with van der Waals surface area (Å²) in [6.07, 6.45) is 0.806. The Morgan fingerprint density at radius 2 is 2.04 bits per heavy atom. The second kappa shape index (κ2) is 12.2. The number of amides is 2. The van der Waals surface area contributed by atoms with Crippen LogP contribution in [0, 0.1) is 5.92 Å². The summed E-state index contributed by atoms with van der Waals surface area (Å²) < 4.78 is 5.39. The van der Waals surface area contributed by atoms with Crippen LogP contribution in [0.2, 0.25) is 5.02 Å². The molecule has 2 rings (SSSR count). The summed E-state index contributed by atoms with van der Waals surface area (Å²) in [5, 5.41) is 6.16. The van der Waals surface area contributed by atoms with Gasteiger partial charge in [-0.2, -0.15) is 0 Å². The van der Waals surface area contributed by atoms with Crippen molar-refractivity contribution in [2.45, 2.75) is 32.4 Å². The number of halogens is 3. The first-order chi connectivity index (χ1) is 12.3. The van der Waals surface area contributed by atoms with E-state index in [0.29, 0.717) is 11.6 Å². The third kappa shape index (κ3) is 7.20. The molecule has 1 unspecified atom stereocenters. The van der Waals surface area contributed by atoms with E-state index in [0.717, 1.165) is 24.4 Å². The largest absolute Gasteiger partial charge is 0.495 e. The topological polar surface area (TPSA) is 96.7 Å². The van der Waals surface area contributed by atoms with Crippen molar-refractivity contribution < 1.29 is 14.3 Å². The van der Waals surface area contributed by atoms with Crippen molar-refractivity contribution >= 4 is 53.9 Å². The second-order valence-electron chi connectivity index (χ2n) is 6.80. The smallest absolute Gasteiger partial charge is 0.239 e. The lowest BCUT2D eigenvalue weighted by molar-refractivity contribution is -0.127. The Morgan fingerprint density at radius 3 is 2.64 bits per heavy atom. The van der Waals surface area contributed by atoms with Crippen LogP contribution >= 0.6 is 36.4 Å². The van der Waals surface area contributed by atoms with Gasteiger partial charge < -0.3 is 26.0 Å². The van der Waals surface area contributed by atoms with Gasteiger partial charge in [-0.05, 0) is 30.5 Å². The molecule has 0 aliphatic carbocycles. The van der Waals surface area contributed by atoms with Crippen LogP contribution < -0.4 is 26.0 Å². The van der Waals surface area contributed by atoms with E-state index < -0.39 is 6.04 Å². The van der Waals surface area contributed by atoms with E-state index in [-0.39, 0.29) is 55.1 Å². The van der Waals surface area contributed by atoms with Gasteiger partial charge in [0, 0.05) is 24.2 Å². The Labute approximate surface area is 183 Å². The van der Waals surface area contributed by atoms with Crippen LogP contribution in [0.1, 0.15) is 20.3 Å². The van der Waals surface area contributed by atoms with Crippen LogP contribution in [-0.4, -0.2) is 50.6 Å². The number of nitrogens with two attached hydrogens (primary N) is 1. The van der Waals surface area contributed by atoms with Crippen molar-refractivity contribution in [3.63, 3.8) is 0 Å². The van der Waals surface area contributed by atoms with Gasteiger partial charge in [-0.3, -0.25) is 9.59 Å². The van der Waals surface area contributed by atoms with Crippen LogP contribution in [0.15, 0.2) is 18.2 Å². The fraction of sp³-hybridized carbons (Fsp3) is 0.556. The van der Waals surface area contributed by atoms with Gasteiger partial charge in [0.25, 0.3) is 0 Å². The molecule has 0 saturated carbocycles. The van der Waals surface area contributed by atoms with Gasteiger partial charge >= 0.3 is 0 Å². The van der Waals surface area contributed by atoms with E-state index in [2.05, 4.69) is 15.5 Å². The molecule has 0 radical (unpaired) electrons. The van der Waals surface area contributed by atoms with Crippen molar-refractivity contribution in [2.75, 3.05) is 31.6 Å². The maximum Gasteiger partial charge on any atom is 0.239 e. The number of benzene rings is 1. The molecule has 1 aromatic carbocycles. The molecule has 10 heteroatoms. The molecule has 160 valence electrons. The van der Waals surface area contributed by atoms with Gasteiger partial charge in [0.1, 0.15) is 5.75 Å². The summed E-state index contributed by atoms with van der Waals surface area (Å²) in [4.78, 5) is 26.0. The minimum Gasteiger partial charge on any atom is -0.495 e. The number of carbonyl (C=O) groups excluding carboxylic acids is 2. The molecule has 1 aliphatic heterocycles. The zero-order valence-corrected chi connectivity index (χ0v) is 18.6. The molecule has 4 N–H and O–H groups in total. The minimum atomic E-state index is -0.611. The van der Waals surface area contributed by atoms with E-state index in [9.17, 15) is 9.59 Å². The molecule has 2 amide bonds. The van der Waals surface area contributed by atoms with Gasteiger partial charge in [-0.15, -0.1) is 24.8 Å². The summed E-state index contributed by atoms with van der Waals surface area (Å²) in [7, 11) is 1.62. The lowest BCUT2D eigenvalue weighted by Gasteiger charge is -2.22. The first kappa shape index (κ1) is 26.6. The van der Waals surface area contributed by atoms with E-state index in [4.69, 9.17) is 22.1 Å². The summed E-state index contributed by atoms with van der Waals surface area (Å²) in [6.45, 7) is 5.09. The molecule has 0 bridgehead atoms. The van der Waals surface area contributed by atoms with Crippen LogP contribution in [-0.2, 0) is 9.59 Å². The predicted octanol–water partition coefficient (Wildman–Crippen LogP) is 1.99. The Kier molecular flexibility index (Phi) is 11.6. The number of methoxy groups -OCH3 is 1. The monoisotopic (exact) mass is 454 g/mol. The fourth-order valence-corrected chi connectivity index (χ4v) is 3.04. The lowest BCUT2D eigenvalue weighted by atomic mass is 10.1. The Balaban J connectivity index is 0.00000364. The van der Waals surface area contributed by atoms with Crippen LogP contribution in [0.4, 0.5) is 5.69 Å². The van der Waals surface area contributed by atoms with Crippen molar-refractivity contribution in [2.24, 2.45) is 11.7 Å². The number of nitrogens with one attached hydrogen (secondary N) is 2. The van der Waals surface area contributed by atoms with Gasteiger partial charge in [0.15, 0.2) is 0 Å². The molecule has 1 heterocycles. The molecule has 28 heavy (non-hydrogen) atoms. The molecule has 1 saturated heterocycles. The summed E-state index contributed by atoms with van der Waals surface area (Å²) >= 11 is 6.09. The quantitative estimate of drug-likeness (QED) is 0.584. The molecular formula is C18H29Cl3N4O3. The highest BCUT2D eigenvalue weighted by Gasteiger charge is 2.26. The van der Waals surface area contributed by atoms with Gasteiger partial charge in [-0.25, -0.2) is 0 Å². The normalized spacial score (nSPS) is 16.6. The maximum atomic E-state index is 12.1. The van der Waals surface area contributed by atoms with Crippen LogP contribution in [0.5, 0.6) is 5.75 Å². The Bertz CT molecular complexity index is 661. The third-order valence-electron chi connectivity index (χ3n) is 4.48. The van der Waals surface area contributed by atoms with Crippen molar-refractivity contribution in [1.82, 2.24) is 10.6 Å². The van der Waals surface area contributed by atoms with Crippen molar-refractivity contribution in [1.29, 1.82) is 0 Å². The average molecular weight is 456 g/mol. The van der Waals surface area contributed by atoms with Crippen molar-refractivity contribution in [3.05, 3.63) is 23.2 Å². The number of anilines is 1. The first-order valence-corrected chi connectivity index (χ1v) is 9.10. The van der Waals surface area contributed by atoms with E-state index in [1.54, 1.807) is 13.2 Å². The summed E-state index contributed by atoms with van der Waals surface area (Å²) in [6, 6.07) is 4.86. The standard InChI is InChI=1S/C18H27ClN4O3.2ClH/c1-11(2)17(20)18(25)21-9-16(24)22-13-6-7-23(10-13)14-8-12(19)4-5-15(14)26-3;;/h4-5,8,11,13,17H,6-7,9-10,20H2,1-3H3,(H,21,25)(H,22,24);2*1H/t13?,17-;;/m0../s1. The highest BCUT2D eigenvalue weighted by atomic mass is 35.5. The van der Waals surface area contributed by atoms with Gasteiger partial charge in [0.05, 0.1) is 25.4 Å². The average Bonchev–Trinajstić information content (AvgIpc) is 3.07. The zero-order chi connectivity index (χ0) is 19.3. The van der Waals surface area contributed by atoms with Crippen LogP contribution in [0.25, 0.3) is 0 Å². The number of ether oxygens (including phenoxy) is 1. The Morgan fingerprint density at radius 1 is 1.36 bits per heavy atom. The molecule has 0 aromatic heterocycles. The second-order valence-corrected chi connectivity index (χ2v) is 7.24. The minimum absolute atomic E-state index is 0. The summed E-state index contributed by atoms with van der Waals surface area (Å²) in [5.74, 6) is 0.233. The highest BCUT2D eigenvalue weighted by molar-refractivity contribution is 6.30. The Hall–Kier alpha value is -1.41. The third-order valence-corrected chi connectivity index (χ3v) is 4.71. The van der Waals surface area contributed by atoms with E-state index >= 15 is 0 Å². The lowest BCUT2D eigenvalue weighted by Crippen LogP contribution is -2.48. The molecule has 0 spiro atoms. The first-order valence-electron chi connectivity index (χ1n) is 8.73. The number of rotatable bonds is 7. The number of carbonyl (C=O) groups is 2.